The van der Waals surface area contributed by atoms with Gasteiger partial charge in [0.2, 0.25) is 5.91 Å². The van der Waals surface area contributed by atoms with E-state index in [9.17, 15) is 50.0 Å². The molecule has 0 bridgehead atoms. The number of allylic oxidation sites excluding steroid dienone is 8. The molecule has 0 radical (unpaired) electrons. The second kappa shape index (κ2) is 31.9. The molecule has 1 saturated carbocycles. The lowest BCUT2D eigenvalue weighted by atomic mass is 9.85. The first kappa shape index (κ1) is 52.0. The third kappa shape index (κ3) is 24.0. The molecular weight excluding hydrogens is 741 g/mol. The summed E-state index contributed by atoms with van der Waals surface area (Å²) in [6, 6.07) is -1.29. The molecule has 9 N–H and O–H groups in total. The average molecular weight is 816 g/mol. The molecule has 0 aromatic heterocycles. The van der Waals surface area contributed by atoms with Crippen LogP contribution in [0.15, 0.2) is 60.8 Å². The Hall–Kier alpha value is -2.00. The fourth-order valence-electron chi connectivity index (χ4n) is 6.09. The van der Waals surface area contributed by atoms with Gasteiger partial charge in [0.1, 0.15) is 36.6 Å². The van der Waals surface area contributed by atoms with Gasteiger partial charge in [-0.15, -0.1) is 0 Å². The molecule has 1 aliphatic rings. The Morgan fingerprint density at radius 1 is 0.625 bits per heavy atom. The lowest BCUT2D eigenvalue weighted by Crippen LogP contribution is -2.64. The Bertz CT molecular complexity index is 1190. The fraction of sp³-hybridized carbons (Fsp3) is 0.738. The van der Waals surface area contributed by atoms with E-state index in [0.29, 0.717) is 19.3 Å². The van der Waals surface area contributed by atoms with Gasteiger partial charge in [-0.2, -0.15) is 0 Å². The number of phosphoric acid groups is 1. The Morgan fingerprint density at radius 3 is 1.64 bits per heavy atom. The van der Waals surface area contributed by atoms with E-state index in [0.717, 1.165) is 32.1 Å². The first-order chi connectivity index (χ1) is 26.8. The molecular formula is C42H74NO12P. The number of hydrogen-bond acceptors (Lipinski definition) is 11. The predicted octanol–water partition coefficient (Wildman–Crippen LogP) is 5.75. The van der Waals surface area contributed by atoms with Gasteiger partial charge in [0.25, 0.3) is 0 Å². The second-order valence-electron chi connectivity index (χ2n) is 14.6. The van der Waals surface area contributed by atoms with Gasteiger partial charge in [-0.25, -0.2) is 4.57 Å². The highest BCUT2D eigenvalue weighted by Gasteiger charge is 2.51. The first-order valence-corrected chi connectivity index (χ1v) is 22.3. The Morgan fingerprint density at radius 2 is 1.09 bits per heavy atom. The topological polar surface area (TPSA) is 226 Å². The molecule has 1 fully saturated rings. The zero-order valence-electron chi connectivity index (χ0n) is 33.8. The summed E-state index contributed by atoms with van der Waals surface area (Å²) in [7, 11) is -5.16. The summed E-state index contributed by atoms with van der Waals surface area (Å²) in [5.74, 6) is -0.678. The Labute approximate surface area is 335 Å². The molecule has 0 aliphatic heterocycles. The minimum Gasteiger partial charge on any atom is -0.389 e. The summed E-state index contributed by atoms with van der Waals surface area (Å²) in [6.07, 6.45) is 23.5. The van der Waals surface area contributed by atoms with Crippen LogP contribution in [0.4, 0.5) is 0 Å². The van der Waals surface area contributed by atoms with Crippen LogP contribution in [0.5, 0.6) is 0 Å². The summed E-state index contributed by atoms with van der Waals surface area (Å²) in [6.45, 7) is 3.62. The molecule has 8 atom stereocenters. The van der Waals surface area contributed by atoms with Crippen molar-refractivity contribution in [1.29, 1.82) is 0 Å². The fourth-order valence-corrected chi connectivity index (χ4v) is 7.06. The standard InChI is InChI=1S/C42H74NO12P/c1-3-5-7-9-11-13-15-16-17-18-20-22-24-26-28-30-35(45)34(32-54-56(52,53)55-42-40(50)38(48)37(47)39(49)41(42)51)43-36(46)31-33(44)29-27-25-23-21-19-14-12-10-8-6-4-2/h15-16,20-23,27-30,33-35,37-42,44-45,47-51H,3-14,17-19,24-26,31-32H2,1-2H3,(H,43,46)(H,52,53)/b16-15+,22-20+,23-21-,29-27-,30-28+. The number of rotatable bonds is 32. The monoisotopic (exact) mass is 815 g/mol. The summed E-state index contributed by atoms with van der Waals surface area (Å²) < 4.78 is 22.7. The summed E-state index contributed by atoms with van der Waals surface area (Å²) in [5, 5.41) is 74.0. The molecule has 1 aliphatic carbocycles. The van der Waals surface area contributed by atoms with Crippen LogP contribution >= 0.6 is 7.82 Å². The van der Waals surface area contributed by atoms with Crippen molar-refractivity contribution in [3.05, 3.63) is 60.8 Å². The van der Waals surface area contributed by atoms with Crippen molar-refractivity contribution in [2.45, 2.75) is 191 Å². The van der Waals surface area contributed by atoms with E-state index in [1.807, 2.05) is 12.2 Å². The molecule has 0 aromatic carbocycles. The highest BCUT2D eigenvalue weighted by molar-refractivity contribution is 7.47. The van der Waals surface area contributed by atoms with Crippen LogP contribution in [0.1, 0.15) is 136 Å². The molecule has 56 heavy (non-hydrogen) atoms. The molecule has 0 aromatic rings. The van der Waals surface area contributed by atoms with Gasteiger partial charge in [-0.05, 0) is 57.8 Å². The third-order valence-corrected chi connectivity index (χ3v) is 10.5. The van der Waals surface area contributed by atoms with Crippen LogP contribution in [0.3, 0.4) is 0 Å². The number of hydrogen-bond donors (Lipinski definition) is 9. The van der Waals surface area contributed by atoms with E-state index >= 15 is 0 Å². The van der Waals surface area contributed by atoms with Crippen LogP contribution in [-0.4, -0.2) is 108 Å². The van der Waals surface area contributed by atoms with Crippen LogP contribution in [-0.2, 0) is 18.4 Å². The Balaban J connectivity index is 2.72. The lowest BCUT2D eigenvalue weighted by molar-refractivity contribution is -0.220. The minimum atomic E-state index is -5.16. The number of carbonyl (C=O) groups excluding carboxylic acids is 1. The maximum absolute atomic E-state index is 12.9. The quantitative estimate of drug-likeness (QED) is 0.0225. The van der Waals surface area contributed by atoms with Crippen molar-refractivity contribution in [3.63, 3.8) is 0 Å². The molecule has 0 saturated heterocycles. The molecule has 1 amide bonds. The van der Waals surface area contributed by atoms with Crippen LogP contribution < -0.4 is 5.32 Å². The van der Waals surface area contributed by atoms with E-state index in [-0.39, 0.29) is 6.42 Å². The minimum absolute atomic E-state index is 0.365. The zero-order chi connectivity index (χ0) is 41.6. The van der Waals surface area contributed by atoms with E-state index < -0.39 is 75.2 Å². The average Bonchev–Trinajstić information content (AvgIpc) is 3.17. The third-order valence-electron chi connectivity index (χ3n) is 9.56. The normalized spacial score (nSPS) is 24.8. The molecule has 14 heteroatoms. The Kier molecular flexibility index (Phi) is 29.7. The molecule has 0 heterocycles. The number of amides is 1. The molecule has 13 nitrogen and oxygen atoms in total. The largest absolute Gasteiger partial charge is 0.472 e. The number of carbonyl (C=O) groups is 1. The van der Waals surface area contributed by atoms with Gasteiger partial charge >= 0.3 is 7.82 Å². The van der Waals surface area contributed by atoms with Gasteiger partial charge < -0.3 is 46.0 Å². The molecule has 324 valence electrons. The maximum Gasteiger partial charge on any atom is 0.472 e. The van der Waals surface area contributed by atoms with Gasteiger partial charge in [0, 0.05) is 0 Å². The highest BCUT2D eigenvalue weighted by atomic mass is 31.2. The van der Waals surface area contributed by atoms with E-state index in [1.54, 1.807) is 12.2 Å². The van der Waals surface area contributed by atoms with E-state index in [4.69, 9.17) is 9.05 Å². The first-order valence-electron chi connectivity index (χ1n) is 20.8. The summed E-state index contributed by atoms with van der Waals surface area (Å²) in [4.78, 5) is 23.3. The molecule has 1 rings (SSSR count). The van der Waals surface area contributed by atoms with Gasteiger partial charge in [0.15, 0.2) is 0 Å². The van der Waals surface area contributed by atoms with Crippen LogP contribution in [0.25, 0.3) is 0 Å². The van der Waals surface area contributed by atoms with Crippen molar-refractivity contribution < 1.29 is 59.0 Å². The number of phosphoric ester groups is 1. The maximum atomic E-state index is 12.9. The van der Waals surface area contributed by atoms with Crippen molar-refractivity contribution >= 4 is 13.7 Å². The number of unbranched alkanes of at least 4 members (excludes halogenated alkanes) is 13. The smallest absolute Gasteiger partial charge is 0.389 e. The lowest BCUT2D eigenvalue weighted by Gasteiger charge is -2.41. The van der Waals surface area contributed by atoms with E-state index in [1.165, 1.54) is 76.4 Å². The number of nitrogens with one attached hydrogen (secondary N) is 1. The van der Waals surface area contributed by atoms with Gasteiger partial charge in [-0.3, -0.25) is 13.8 Å². The number of aliphatic hydroxyl groups excluding tert-OH is 7. The van der Waals surface area contributed by atoms with Crippen molar-refractivity contribution in [1.82, 2.24) is 5.32 Å². The van der Waals surface area contributed by atoms with Crippen molar-refractivity contribution in [2.75, 3.05) is 6.61 Å². The number of aliphatic hydroxyl groups is 7. The predicted molar refractivity (Wildman–Crippen MR) is 219 cm³/mol. The second-order valence-corrected chi connectivity index (χ2v) is 16.0. The van der Waals surface area contributed by atoms with Crippen LogP contribution in [0, 0.1) is 0 Å². The van der Waals surface area contributed by atoms with Crippen molar-refractivity contribution in [3.8, 4) is 0 Å². The highest BCUT2D eigenvalue weighted by Crippen LogP contribution is 2.47. The van der Waals surface area contributed by atoms with E-state index in [2.05, 4.69) is 43.5 Å². The molecule has 0 spiro atoms. The van der Waals surface area contributed by atoms with Gasteiger partial charge in [0.05, 0.1) is 31.3 Å². The summed E-state index contributed by atoms with van der Waals surface area (Å²) >= 11 is 0. The summed E-state index contributed by atoms with van der Waals surface area (Å²) in [5.41, 5.74) is 0. The zero-order valence-corrected chi connectivity index (χ0v) is 34.7. The van der Waals surface area contributed by atoms with Gasteiger partial charge in [-0.1, -0.05) is 132 Å². The van der Waals surface area contributed by atoms with Crippen LogP contribution in [0.2, 0.25) is 0 Å². The SMILES string of the molecule is CCCCCCC/C=C/CC/C=C/CC/C=C/C(O)C(COP(=O)(O)OC1C(O)C(O)C(O)C(O)C1O)NC(=O)CC(O)/C=C\C/C=C\CCCCCCCC. The van der Waals surface area contributed by atoms with Crippen molar-refractivity contribution in [2.24, 2.45) is 0 Å². The molecule has 8 unspecified atom stereocenters.